The zero-order chi connectivity index (χ0) is 12.6. The maximum Gasteiger partial charge on any atom is 0.304 e. The maximum atomic E-state index is 10.9. The molecule has 0 amide bonds. The van der Waals surface area contributed by atoms with Crippen LogP contribution in [0.3, 0.4) is 0 Å². The normalized spacial score (nSPS) is 16.8. The molecular weight excluding hydrogens is 216 g/mol. The van der Waals surface area contributed by atoms with Crippen molar-refractivity contribution in [3.63, 3.8) is 0 Å². The Morgan fingerprint density at radius 3 is 2.53 bits per heavy atom. The molecule has 92 valence electrons. The van der Waals surface area contributed by atoms with E-state index in [-0.39, 0.29) is 11.8 Å². The fourth-order valence-electron chi connectivity index (χ4n) is 2.57. The van der Waals surface area contributed by atoms with Crippen LogP contribution in [-0.4, -0.2) is 16.2 Å². The summed E-state index contributed by atoms with van der Waals surface area (Å²) in [5, 5.41) is 18.7. The Bertz CT molecular complexity index is 459. The summed E-state index contributed by atoms with van der Waals surface area (Å²) in [4.78, 5) is 10.9. The van der Waals surface area contributed by atoms with Gasteiger partial charge in [0.15, 0.2) is 0 Å². The first kappa shape index (κ1) is 12.0. The van der Waals surface area contributed by atoms with E-state index in [1.54, 1.807) is 6.07 Å². The first-order valence-corrected chi connectivity index (χ1v) is 6.03. The number of aliphatic carboxylic acids is 1. The van der Waals surface area contributed by atoms with Crippen molar-refractivity contribution >= 4 is 5.97 Å². The summed E-state index contributed by atoms with van der Waals surface area (Å²) in [6, 6.07) is 3.75. The third kappa shape index (κ3) is 2.14. The highest BCUT2D eigenvalue weighted by Crippen LogP contribution is 2.52. The van der Waals surface area contributed by atoms with Gasteiger partial charge in [-0.3, -0.25) is 4.79 Å². The van der Waals surface area contributed by atoms with E-state index in [1.165, 1.54) is 0 Å². The minimum atomic E-state index is -0.743. The molecule has 0 saturated heterocycles. The molecule has 1 aromatic carbocycles. The first-order valence-electron chi connectivity index (χ1n) is 6.03. The van der Waals surface area contributed by atoms with Crippen LogP contribution >= 0.6 is 0 Å². The molecule has 0 bridgehead atoms. The van der Waals surface area contributed by atoms with Gasteiger partial charge in [-0.1, -0.05) is 13.0 Å². The number of aromatic hydroxyl groups is 1. The van der Waals surface area contributed by atoms with Crippen molar-refractivity contribution in [1.82, 2.24) is 0 Å². The molecule has 0 aromatic heterocycles. The summed E-state index contributed by atoms with van der Waals surface area (Å²) in [6.45, 7) is 3.93. The van der Waals surface area contributed by atoms with Gasteiger partial charge in [0.2, 0.25) is 0 Å². The van der Waals surface area contributed by atoms with E-state index in [9.17, 15) is 9.90 Å². The highest BCUT2D eigenvalue weighted by atomic mass is 16.4. The number of benzene rings is 1. The Kier molecular flexibility index (Phi) is 2.86. The first-order chi connectivity index (χ1) is 7.98. The molecule has 2 rings (SSSR count). The summed E-state index contributed by atoms with van der Waals surface area (Å²) in [5.74, 6) is -0.423. The van der Waals surface area contributed by atoms with Gasteiger partial charge in [0.1, 0.15) is 5.75 Å². The minimum absolute atomic E-state index is 0.173. The van der Waals surface area contributed by atoms with Gasteiger partial charge in [-0.05, 0) is 48.9 Å². The second-order valence-electron chi connectivity index (χ2n) is 5.00. The van der Waals surface area contributed by atoms with Crippen molar-refractivity contribution in [1.29, 1.82) is 0 Å². The molecule has 0 aliphatic heterocycles. The van der Waals surface area contributed by atoms with Gasteiger partial charge in [0.25, 0.3) is 0 Å². The highest BCUT2D eigenvalue weighted by molar-refractivity contribution is 5.70. The fourth-order valence-corrected chi connectivity index (χ4v) is 2.57. The molecule has 1 fully saturated rings. The van der Waals surface area contributed by atoms with Gasteiger partial charge < -0.3 is 10.2 Å². The third-order valence-electron chi connectivity index (χ3n) is 3.72. The number of aryl methyl sites for hydroxylation is 2. The quantitative estimate of drug-likeness (QED) is 0.842. The van der Waals surface area contributed by atoms with Crippen LogP contribution < -0.4 is 0 Å². The number of carboxylic acids is 1. The third-order valence-corrected chi connectivity index (χ3v) is 3.72. The van der Waals surface area contributed by atoms with Crippen LogP contribution in [0.15, 0.2) is 12.1 Å². The predicted molar refractivity (Wildman–Crippen MR) is 65.4 cm³/mol. The molecular formula is C14H18O3. The molecule has 1 aliphatic rings. The largest absolute Gasteiger partial charge is 0.508 e. The van der Waals surface area contributed by atoms with Crippen LogP contribution in [0.4, 0.5) is 0 Å². The number of carboxylic acid groups (broad SMARTS) is 1. The lowest BCUT2D eigenvalue weighted by molar-refractivity contribution is -0.137. The molecule has 0 spiro atoms. The lowest BCUT2D eigenvalue weighted by Gasteiger charge is -2.18. The predicted octanol–water partition coefficient (Wildman–Crippen LogP) is 2.77. The Morgan fingerprint density at radius 1 is 1.41 bits per heavy atom. The average Bonchev–Trinajstić information content (AvgIpc) is 2.97. The second-order valence-corrected chi connectivity index (χ2v) is 5.00. The van der Waals surface area contributed by atoms with Crippen molar-refractivity contribution in [3.8, 4) is 5.75 Å². The molecule has 1 aliphatic carbocycles. The minimum Gasteiger partial charge on any atom is -0.508 e. The van der Waals surface area contributed by atoms with Gasteiger partial charge in [0, 0.05) is 5.41 Å². The van der Waals surface area contributed by atoms with E-state index < -0.39 is 5.97 Å². The molecule has 1 saturated carbocycles. The number of rotatable bonds is 4. The van der Waals surface area contributed by atoms with Crippen LogP contribution in [-0.2, 0) is 16.6 Å². The van der Waals surface area contributed by atoms with Crippen LogP contribution in [0.5, 0.6) is 5.75 Å². The lowest BCUT2D eigenvalue weighted by Crippen LogP contribution is -2.14. The molecule has 0 heterocycles. The number of phenolic OH excluding ortho intramolecular Hbond substituents is 1. The van der Waals surface area contributed by atoms with E-state index in [0.29, 0.717) is 5.75 Å². The van der Waals surface area contributed by atoms with Crippen molar-refractivity contribution < 1.29 is 15.0 Å². The molecule has 0 unspecified atom stereocenters. The fraction of sp³-hybridized carbons (Fsp3) is 0.500. The summed E-state index contributed by atoms with van der Waals surface area (Å²) in [5.41, 5.74) is 2.84. The monoisotopic (exact) mass is 234 g/mol. The summed E-state index contributed by atoms with van der Waals surface area (Å²) >= 11 is 0. The Labute approximate surface area is 101 Å². The van der Waals surface area contributed by atoms with E-state index >= 15 is 0 Å². The van der Waals surface area contributed by atoms with Crippen molar-refractivity contribution in [2.75, 3.05) is 0 Å². The topological polar surface area (TPSA) is 57.5 Å². The summed E-state index contributed by atoms with van der Waals surface area (Å²) < 4.78 is 0. The highest BCUT2D eigenvalue weighted by Gasteiger charge is 2.46. The zero-order valence-corrected chi connectivity index (χ0v) is 10.3. The van der Waals surface area contributed by atoms with Gasteiger partial charge >= 0.3 is 5.97 Å². The maximum absolute atomic E-state index is 10.9. The standard InChI is InChI=1S/C14H18O3/c1-3-10-7-11(9(2)6-12(10)15)14(4-5-14)8-13(16)17/h6-7,15H,3-5,8H2,1-2H3,(H,16,17). The van der Waals surface area contributed by atoms with Gasteiger partial charge in [-0.15, -0.1) is 0 Å². The Morgan fingerprint density at radius 2 is 2.06 bits per heavy atom. The van der Waals surface area contributed by atoms with E-state index in [4.69, 9.17) is 5.11 Å². The van der Waals surface area contributed by atoms with Crippen molar-refractivity contribution in [2.45, 2.75) is 44.9 Å². The van der Waals surface area contributed by atoms with Crippen LogP contribution in [0.1, 0.15) is 42.9 Å². The van der Waals surface area contributed by atoms with Crippen molar-refractivity contribution in [2.24, 2.45) is 0 Å². The smallest absolute Gasteiger partial charge is 0.304 e. The number of hydrogen-bond acceptors (Lipinski definition) is 2. The van der Waals surface area contributed by atoms with Gasteiger partial charge in [-0.2, -0.15) is 0 Å². The molecule has 3 nitrogen and oxygen atoms in total. The van der Waals surface area contributed by atoms with Crippen LogP contribution in [0.2, 0.25) is 0 Å². The van der Waals surface area contributed by atoms with E-state index in [0.717, 1.165) is 36.0 Å². The Hall–Kier alpha value is -1.51. The summed E-state index contributed by atoms with van der Waals surface area (Å²) in [6.07, 6.45) is 2.84. The number of carbonyl (C=O) groups is 1. The van der Waals surface area contributed by atoms with E-state index in [2.05, 4.69) is 0 Å². The SMILES string of the molecule is CCc1cc(C2(CC(=O)O)CC2)c(C)cc1O. The molecule has 0 atom stereocenters. The van der Waals surface area contributed by atoms with Crippen LogP contribution in [0.25, 0.3) is 0 Å². The molecule has 1 aromatic rings. The second kappa shape index (κ2) is 4.06. The van der Waals surface area contributed by atoms with Crippen LogP contribution in [0, 0.1) is 6.92 Å². The molecule has 3 heteroatoms. The van der Waals surface area contributed by atoms with Crippen molar-refractivity contribution in [3.05, 3.63) is 28.8 Å². The Balaban J connectivity index is 2.42. The van der Waals surface area contributed by atoms with Gasteiger partial charge in [0.05, 0.1) is 6.42 Å². The lowest BCUT2D eigenvalue weighted by atomic mass is 9.87. The summed E-state index contributed by atoms with van der Waals surface area (Å²) in [7, 11) is 0. The van der Waals surface area contributed by atoms with E-state index in [1.807, 2.05) is 19.9 Å². The molecule has 0 radical (unpaired) electrons. The molecule has 2 N–H and O–H groups in total. The average molecular weight is 234 g/mol. The zero-order valence-electron chi connectivity index (χ0n) is 10.3. The number of phenols is 1. The molecule has 17 heavy (non-hydrogen) atoms. The van der Waals surface area contributed by atoms with Gasteiger partial charge in [-0.25, -0.2) is 0 Å². The number of hydrogen-bond donors (Lipinski definition) is 2.